The lowest BCUT2D eigenvalue weighted by molar-refractivity contribution is -0.0340. The van der Waals surface area contributed by atoms with Crippen molar-refractivity contribution in [1.82, 2.24) is 14.5 Å². The van der Waals surface area contributed by atoms with Gasteiger partial charge >= 0.3 is 0 Å². The van der Waals surface area contributed by atoms with Gasteiger partial charge in [-0.05, 0) is 60.7 Å². The number of aromatic nitrogens is 3. The van der Waals surface area contributed by atoms with Crippen molar-refractivity contribution in [3.8, 4) is 11.5 Å². The largest absolute Gasteiger partial charge is 0.491 e. The lowest BCUT2D eigenvalue weighted by Gasteiger charge is -2.20. The highest BCUT2D eigenvalue weighted by atomic mass is 127. The molecular formula is C25H25IN4O4. The van der Waals surface area contributed by atoms with Crippen molar-refractivity contribution in [3.05, 3.63) is 79.8 Å². The molecule has 5 rings (SSSR count). The second-order valence-electron chi connectivity index (χ2n) is 8.49. The number of anilines is 1. The maximum Gasteiger partial charge on any atom is 0.262 e. The second kappa shape index (κ2) is 9.30. The summed E-state index contributed by atoms with van der Waals surface area (Å²) >= 11 is 2.13. The predicted molar refractivity (Wildman–Crippen MR) is 138 cm³/mol. The maximum atomic E-state index is 12.5. The number of benzene rings is 2. The van der Waals surface area contributed by atoms with Gasteiger partial charge in [0.2, 0.25) is 5.95 Å². The predicted octanol–water partition coefficient (Wildman–Crippen LogP) is 4.34. The summed E-state index contributed by atoms with van der Waals surface area (Å²) < 4.78 is 21.4. The Morgan fingerprint density at radius 2 is 1.76 bits per heavy atom. The first-order valence-electron chi connectivity index (χ1n) is 11.0. The Hall–Kier alpha value is -3.05. The van der Waals surface area contributed by atoms with Gasteiger partial charge in [0.1, 0.15) is 36.5 Å². The third kappa shape index (κ3) is 4.62. The van der Waals surface area contributed by atoms with E-state index in [2.05, 4.69) is 32.6 Å². The molecule has 0 radical (unpaired) electrons. The maximum absolute atomic E-state index is 12.5. The van der Waals surface area contributed by atoms with E-state index in [1.54, 1.807) is 0 Å². The Labute approximate surface area is 210 Å². The first-order valence-corrected chi connectivity index (χ1v) is 12.1. The number of halogens is 1. The van der Waals surface area contributed by atoms with Gasteiger partial charge < -0.3 is 24.5 Å². The van der Waals surface area contributed by atoms with Crippen LogP contribution in [0.1, 0.15) is 23.8 Å². The molecule has 2 aromatic carbocycles. The SMILES string of the molecule is Cc1ccc(OC[C@H]2O[C@@H](n3cc(I)c4c(=O)[nH]c(N)nc43)C[C@@H]2Oc2ccc(C)cc2)cc1. The molecular weight excluding hydrogens is 547 g/mol. The van der Waals surface area contributed by atoms with E-state index in [4.69, 9.17) is 19.9 Å². The Morgan fingerprint density at radius 1 is 1.12 bits per heavy atom. The van der Waals surface area contributed by atoms with Crippen molar-refractivity contribution in [2.45, 2.75) is 38.7 Å². The van der Waals surface area contributed by atoms with Crippen molar-refractivity contribution in [3.63, 3.8) is 0 Å². The molecule has 3 atom stereocenters. The molecule has 1 aliphatic rings. The molecule has 0 bridgehead atoms. The summed E-state index contributed by atoms with van der Waals surface area (Å²) in [7, 11) is 0. The minimum absolute atomic E-state index is 0.0676. The van der Waals surface area contributed by atoms with Gasteiger partial charge in [0.15, 0.2) is 5.65 Å². The number of nitrogen functional groups attached to an aromatic ring is 1. The Morgan fingerprint density at radius 3 is 2.44 bits per heavy atom. The van der Waals surface area contributed by atoms with Gasteiger partial charge in [0.05, 0.1) is 5.39 Å². The van der Waals surface area contributed by atoms with Crippen molar-refractivity contribution < 1.29 is 14.2 Å². The van der Waals surface area contributed by atoms with E-state index in [1.165, 1.54) is 5.56 Å². The van der Waals surface area contributed by atoms with Gasteiger partial charge in [0, 0.05) is 16.2 Å². The van der Waals surface area contributed by atoms with E-state index < -0.39 is 0 Å². The smallest absolute Gasteiger partial charge is 0.262 e. The van der Waals surface area contributed by atoms with Crippen molar-refractivity contribution in [2.24, 2.45) is 0 Å². The Bertz CT molecular complexity index is 1360. The molecule has 3 heterocycles. The number of hydrogen-bond donors (Lipinski definition) is 2. The lowest BCUT2D eigenvalue weighted by Crippen LogP contribution is -2.32. The summed E-state index contributed by atoms with van der Waals surface area (Å²) in [5.74, 6) is 1.61. The van der Waals surface area contributed by atoms with Crippen molar-refractivity contribution in [2.75, 3.05) is 12.3 Å². The number of aromatic amines is 1. The molecule has 1 aliphatic heterocycles. The average Bonchev–Trinajstić information content (AvgIpc) is 3.35. The van der Waals surface area contributed by atoms with Gasteiger partial charge in [-0.3, -0.25) is 9.78 Å². The molecule has 0 spiro atoms. The van der Waals surface area contributed by atoms with Crippen LogP contribution in [-0.2, 0) is 4.74 Å². The van der Waals surface area contributed by atoms with Crippen LogP contribution in [0.3, 0.4) is 0 Å². The van der Waals surface area contributed by atoms with Gasteiger partial charge in [-0.25, -0.2) is 0 Å². The van der Waals surface area contributed by atoms with Crippen LogP contribution >= 0.6 is 22.6 Å². The van der Waals surface area contributed by atoms with Crippen LogP contribution in [0, 0.1) is 17.4 Å². The average molecular weight is 572 g/mol. The van der Waals surface area contributed by atoms with Crippen molar-refractivity contribution in [1.29, 1.82) is 0 Å². The third-order valence-electron chi connectivity index (χ3n) is 5.89. The van der Waals surface area contributed by atoms with Crippen LogP contribution in [0.5, 0.6) is 11.5 Å². The Balaban J connectivity index is 1.43. The molecule has 0 aliphatic carbocycles. The summed E-state index contributed by atoms with van der Waals surface area (Å²) in [6.07, 6.45) is 1.45. The number of H-pyrrole nitrogens is 1. The van der Waals surface area contributed by atoms with E-state index in [0.717, 1.165) is 20.6 Å². The highest BCUT2D eigenvalue weighted by molar-refractivity contribution is 14.1. The first-order chi connectivity index (χ1) is 16.4. The summed E-state index contributed by atoms with van der Waals surface area (Å²) in [6.45, 7) is 4.40. The molecule has 0 unspecified atom stereocenters. The van der Waals surface area contributed by atoms with Crippen LogP contribution in [-0.4, -0.2) is 33.3 Å². The molecule has 3 N–H and O–H groups in total. The minimum Gasteiger partial charge on any atom is -0.491 e. The summed E-state index contributed by atoms with van der Waals surface area (Å²) in [6, 6.07) is 15.8. The van der Waals surface area contributed by atoms with Gasteiger partial charge in [-0.15, -0.1) is 0 Å². The fourth-order valence-electron chi connectivity index (χ4n) is 4.10. The fourth-order valence-corrected chi connectivity index (χ4v) is 4.88. The van der Waals surface area contributed by atoms with Gasteiger partial charge in [-0.1, -0.05) is 35.4 Å². The number of hydrogen-bond acceptors (Lipinski definition) is 6. The topological polar surface area (TPSA) is 104 Å². The molecule has 8 nitrogen and oxygen atoms in total. The number of nitrogens with two attached hydrogens (primary N) is 1. The highest BCUT2D eigenvalue weighted by Gasteiger charge is 2.39. The van der Waals surface area contributed by atoms with Crippen LogP contribution in [0.2, 0.25) is 0 Å². The van der Waals surface area contributed by atoms with E-state index in [1.807, 2.05) is 73.1 Å². The summed E-state index contributed by atoms with van der Waals surface area (Å²) in [4.78, 5) is 19.4. The highest BCUT2D eigenvalue weighted by Crippen LogP contribution is 2.35. The number of ether oxygens (including phenoxy) is 3. The fraction of sp³-hybridized carbons (Fsp3) is 0.280. The van der Waals surface area contributed by atoms with Crippen LogP contribution < -0.4 is 20.8 Å². The number of rotatable bonds is 6. The first kappa shape index (κ1) is 22.7. The van der Waals surface area contributed by atoms with Crippen molar-refractivity contribution >= 4 is 39.6 Å². The summed E-state index contributed by atoms with van der Waals surface area (Å²) in [5.41, 5.74) is 8.38. The van der Waals surface area contributed by atoms with E-state index in [0.29, 0.717) is 24.1 Å². The monoisotopic (exact) mass is 572 g/mol. The molecule has 1 saturated heterocycles. The number of aryl methyl sites for hydroxylation is 2. The lowest BCUT2D eigenvalue weighted by atomic mass is 10.1. The van der Waals surface area contributed by atoms with Gasteiger partial charge in [0.25, 0.3) is 5.56 Å². The third-order valence-corrected chi connectivity index (χ3v) is 6.71. The van der Waals surface area contributed by atoms with Crippen LogP contribution in [0.4, 0.5) is 5.95 Å². The molecule has 9 heteroatoms. The number of nitrogens with zero attached hydrogens (tertiary/aromatic N) is 2. The number of fused-ring (bicyclic) bond motifs is 1. The molecule has 34 heavy (non-hydrogen) atoms. The molecule has 0 amide bonds. The normalized spacial score (nSPS) is 20.0. The standard InChI is InChI=1S/C25H25IN4O4/c1-14-3-7-16(8-4-14)32-13-20-19(33-17-9-5-15(2)6-10-17)11-21(34-20)30-12-18(26)22-23(30)28-25(27)29-24(22)31/h3-10,12,19-21H,11,13H2,1-2H3,(H3,27,28,29,31)/t19-,20+,21+/m0/s1. The Kier molecular flexibility index (Phi) is 6.22. The zero-order valence-corrected chi connectivity index (χ0v) is 21.0. The van der Waals surface area contributed by atoms with E-state index >= 15 is 0 Å². The zero-order valence-electron chi connectivity index (χ0n) is 18.8. The van der Waals surface area contributed by atoms with Gasteiger partial charge in [-0.2, -0.15) is 4.98 Å². The van der Waals surface area contributed by atoms with E-state index in [9.17, 15) is 4.79 Å². The molecule has 2 aromatic heterocycles. The number of nitrogens with one attached hydrogen (secondary N) is 1. The van der Waals surface area contributed by atoms with E-state index in [-0.39, 0.29) is 29.9 Å². The molecule has 176 valence electrons. The minimum atomic E-state index is -0.387. The van der Waals surface area contributed by atoms with Crippen LogP contribution in [0.15, 0.2) is 59.5 Å². The second-order valence-corrected chi connectivity index (χ2v) is 9.65. The quantitative estimate of drug-likeness (QED) is 0.333. The molecule has 4 aromatic rings. The zero-order chi connectivity index (χ0) is 23.8. The summed E-state index contributed by atoms with van der Waals surface area (Å²) in [5, 5.41) is 0.494. The molecule has 1 fully saturated rings. The molecule has 0 saturated carbocycles. The van der Waals surface area contributed by atoms with Crippen LogP contribution in [0.25, 0.3) is 11.0 Å².